The molecular weight excluding hydrogens is 336 g/mol. The van der Waals surface area contributed by atoms with Crippen LogP contribution in [-0.2, 0) is 19.4 Å². The van der Waals surface area contributed by atoms with Crippen LogP contribution in [0.1, 0.15) is 31.2 Å². The molecule has 4 nitrogen and oxygen atoms in total. The monoisotopic (exact) mass is 364 g/mol. The maximum absolute atomic E-state index is 5.95. The summed E-state index contributed by atoms with van der Waals surface area (Å²) in [6.07, 6.45) is 5.69. The molecule has 0 spiro atoms. The van der Waals surface area contributed by atoms with Crippen molar-refractivity contribution in [2.24, 2.45) is 0 Å². The molecule has 0 aliphatic heterocycles. The number of nitrogens with zero attached hydrogens (tertiary/aromatic N) is 2. The van der Waals surface area contributed by atoms with Gasteiger partial charge in [0.1, 0.15) is 5.82 Å². The Bertz CT molecular complexity index is 899. The van der Waals surface area contributed by atoms with E-state index in [0.29, 0.717) is 6.61 Å². The van der Waals surface area contributed by atoms with Crippen molar-refractivity contribution >= 4 is 11.0 Å². The van der Waals surface area contributed by atoms with Gasteiger partial charge in [-0.15, -0.1) is 6.58 Å². The van der Waals surface area contributed by atoms with E-state index in [0.717, 1.165) is 55.1 Å². The van der Waals surface area contributed by atoms with Crippen molar-refractivity contribution in [3.05, 3.63) is 66.5 Å². The van der Waals surface area contributed by atoms with Gasteiger partial charge in [-0.1, -0.05) is 31.2 Å². The number of benzene rings is 2. The van der Waals surface area contributed by atoms with E-state index in [1.807, 2.05) is 24.3 Å². The van der Waals surface area contributed by atoms with Crippen LogP contribution < -0.4 is 9.47 Å². The fourth-order valence-corrected chi connectivity index (χ4v) is 3.32. The van der Waals surface area contributed by atoms with E-state index in [-0.39, 0.29) is 0 Å². The lowest BCUT2D eigenvalue weighted by Crippen LogP contribution is -2.06. The molecule has 0 unspecified atom stereocenters. The quantitative estimate of drug-likeness (QED) is 0.367. The average Bonchev–Trinajstić information content (AvgIpc) is 3.06. The van der Waals surface area contributed by atoms with Gasteiger partial charge in [-0.25, -0.2) is 4.98 Å². The second-order valence-electron chi connectivity index (χ2n) is 6.56. The van der Waals surface area contributed by atoms with Gasteiger partial charge in [0.05, 0.1) is 24.8 Å². The Kier molecular flexibility index (Phi) is 6.53. The van der Waals surface area contributed by atoms with Crippen LogP contribution in [0.15, 0.2) is 55.1 Å². The molecule has 3 aromatic rings. The molecule has 0 aliphatic rings. The SMILES string of the molecule is C=CCc1ccc(OCCCCn2c(CC)nc3ccccc32)c(OC)c1. The number of hydrogen-bond donors (Lipinski definition) is 0. The number of ether oxygens (including phenoxy) is 2. The molecule has 0 saturated carbocycles. The second kappa shape index (κ2) is 9.26. The zero-order valence-corrected chi connectivity index (χ0v) is 16.3. The Labute approximate surface area is 161 Å². The van der Waals surface area contributed by atoms with E-state index in [1.54, 1.807) is 7.11 Å². The summed E-state index contributed by atoms with van der Waals surface area (Å²) in [7, 11) is 1.68. The fraction of sp³-hybridized carbons (Fsp3) is 0.348. The van der Waals surface area contributed by atoms with Crippen LogP contribution >= 0.6 is 0 Å². The molecule has 3 rings (SSSR count). The van der Waals surface area contributed by atoms with Crippen molar-refractivity contribution in [1.82, 2.24) is 9.55 Å². The zero-order valence-electron chi connectivity index (χ0n) is 16.3. The fourth-order valence-electron chi connectivity index (χ4n) is 3.32. The first-order valence-corrected chi connectivity index (χ1v) is 9.61. The maximum Gasteiger partial charge on any atom is 0.161 e. The van der Waals surface area contributed by atoms with Gasteiger partial charge in [0.15, 0.2) is 11.5 Å². The number of allylic oxidation sites excluding steroid dienone is 1. The molecule has 0 amide bonds. The average molecular weight is 364 g/mol. The summed E-state index contributed by atoms with van der Waals surface area (Å²) in [6, 6.07) is 14.4. The molecule has 0 bridgehead atoms. The van der Waals surface area contributed by atoms with Gasteiger partial charge < -0.3 is 14.0 Å². The predicted molar refractivity (Wildman–Crippen MR) is 111 cm³/mol. The van der Waals surface area contributed by atoms with Gasteiger partial charge >= 0.3 is 0 Å². The molecule has 0 atom stereocenters. The third kappa shape index (κ3) is 4.51. The highest BCUT2D eigenvalue weighted by atomic mass is 16.5. The standard InChI is InChI=1S/C23H28N2O2/c1-4-10-18-13-14-21(22(17-18)26-3)27-16-9-8-15-25-20-12-7-6-11-19(20)24-23(25)5-2/h4,6-7,11-14,17H,1,5,8-10,15-16H2,2-3H3. The molecule has 1 heterocycles. The lowest BCUT2D eigenvalue weighted by atomic mass is 10.1. The van der Waals surface area contributed by atoms with Crippen LogP contribution in [0.5, 0.6) is 11.5 Å². The van der Waals surface area contributed by atoms with Crippen LogP contribution in [0.3, 0.4) is 0 Å². The predicted octanol–water partition coefficient (Wildman–Crippen LogP) is 5.20. The summed E-state index contributed by atoms with van der Waals surface area (Å²) in [5.74, 6) is 2.73. The van der Waals surface area contributed by atoms with E-state index in [2.05, 4.69) is 42.3 Å². The first-order valence-electron chi connectivity index (χ1n) is 9.61. The highest BCUT2D eigenvalue weighted by Crippen LogP contribution is 2.28. The highest BCUT2D eigenvalue weighted by Gasteiger charge is 2.09. The van der Waals surface area contributed by atoms with Crippen LogP contribution in [0, 0.1) is 0 Å². The van der Waals surface area contributed by atoms with Gasteiger partial charge in [-0.05, 0) is 49.1 Å². The number of para-hydroxylation sites is 2. The molecule has 142 valence electrons. The molecule has 4 heteroatoms. The summed E-state index contributed by atoms with van der Waals surface area (Å²) in [5, 5.41) is 0. The normalized spacial score (nSPS) is 10.9. The van der Waals surface area contributed by atoms with Crippen molar-refractivity contribution in [3.8, 4) is 11.5 Å². The van der Waals surface area contributed by atoms with Crippen LogP contribution in [0.4, 0.5) is 0 Å². The van der Waals surface area contributed by atoms with Crippen LogP contribution in [-0.4, -0.2) is 23.3 Å². The molecular formula is C23H28N2O2. The zero-order chi connectivity index (χ0) is 19.1. The third-order valence-electron chi connectivity index (χ3n) is 4.69. The number of unbranched alkanes of at least 4 members (excludes halogenated alkanes) is 1. The van der Waals surface area contributed by atoms with Gasteiger partial charge in [0.2, 0.25) is 0 Å². The summed E-state index contributed by atoms with van der Waals surface area (Å²) < 4.78 is 13.7. The van der Waals surface area contributed by atoms with Crippen molar-refractivity contribution < 1.29 is 9.47 Å². The molecule has 27 heavy (non-hydrogen) atoms. The van der Waals surface area contributed by atoms with E-state index < -0.39 is 0 Å². The molecule has 0 radical (unpaired) electrons. The lowest BCUT2D eigenvalue weighted by molar-refractivity contribution is 0.283. The Hall–Kier alpha value is -2.75. The van der Waals surface area contributed by atoms with Crippen LogP contribution in [0.2, 0.25) is 0 Å². The number of aryl methyl sites for hydroxylation is 2. The van der Waals surface area contributed by atoms with Gasteiger partial charge in [-0.3, -0.25) is 0 Å². The van der Waals surface area contributed by atoms with Gasteiger partial charge in [0, 0.05) is 13.0 Å². The lowest BCUT2D eigenvalue weighted by Gasteiger charge is -2.12. The highest BCUT2D eigenvalue weighted by molar-refractivity contribution is 5.75. The first-order chi connectivity index (χ1) is 13.3. The molecule has 1 aromatic heterocycles. The summed E-state index contributed by atoms with van der Waals surface area (Å²) in [6.45, 7) is 7.57. The summed E-state index contributed by atoms with van der Waals surface area (Å²) in [4.78, 5) is 4.73. The Balaban J connectivity index is 1.55. The van der Waals surface area contributed by atoms with Crippen molar-refractivity contribution in [2.45, 2.75) is 39.2 Å². The van der Waals surface area contributed by atoms with Crippen molar-refractivity contribution in [1.29, 1.82) is 0 Å². The number of methoxy groups -OCH3 is 1. The molecule has 0 saturated heterocycles. The minimum Gasteiger partial charge on any atom is -0.493 e. The van der Waals surface area contributed by atoms with E-state index in [9.17, 15) is 0 Å². The molecule has 2 aromatic carbocycles. The topological polar surface area (TPSA) is 36.3 Å². The molecule has 0 N–H and O–H groups in total. The Morgan fingerprint density at radius 1 is 1.11 bits per heavy atom. The van der Waals surface area contributed by atoms with Crippen molar-refractivity contribution in [3.63, 3.8) is 0 Å². The largest absolute Gasteiger partial charge is 0.493 e. The summed E-state index contributed by atoms with van der Waals surface area (Å²) in [5.41, 5.74) is 3.47. The maximum atomic E-state index is 5.95. The Morgan fingerprint density at radius 2 is 1.96 bits per heavy atom. The minimum absolute atomic E-state index is 0.672. The minimum atomic E-state index is 0.672. The number of imidazole rings is 1. The van der Waals surface area contributed by atoms with E-state index in [4.69, 9.17) is 14.5 Å². The van der Waals surface area contributed by atoms with E-state index in [1.165, 1.54) is 11.1 Å². The number of fused-ring (bicyclic) bond motifs is 1. The van der Waals surface area contributed by atoms with Crippen molar-refractivity contribution in [2.75, 3.05) is 13.7 Å². The first kappa shape index (κ1) is 19.0. The molecule has 0 aliphatic carbocycles. The van der Waals surface area contributed by atoms with Gasteiger partial charge in [0.25, 0.3) is 0 Å². The number of hydrogen-bond acceptors (Lipinski definition) is 3. The number of aromatic nitrogens is 2. The number of rotatable bonds is 10. The summed E-state index contributed by atoms with van der Waals surface area (Å²) >= 11 is 0. The molecule has 0 fully saturated rings. The Morgan fingerprint density at radius 3 is 2.74 bits per heavy atom. The second-order valence-corrected chi connectivity index (χ2v) is 6.56. The van der Waals surface area contributed by atoms with Gasteiger partial charge in [-0.2, -0.15) is 0 Å². The van der Waals surface area contributed by atoms with Crippen LogP contribution in [0.25, 0.3) is 11.0 Å². The smallest absolute Gasteiger partial charge is 0.161 e. The third-order valence-corrected chi connectivity index (χ3v) is 4.69. The van der Waals surface area contributed by atoms with E-state index >= 15 is 0 Å².